The highest BCUT2D eigenvalue weighted by molar-refractivity contribution is 5.86. The number of nitrogens with zero attached hydrogens (tertiary/aromatic N) is 2. The second kappa shape index (κ2) is 7.43. The first-order valence-corrected chi connectivity index (χ1v) is 9.41. The fourth-order valence-corrected chi connectivity index (χ4v) is 3.82. The molecule has 26 heavy (non-hydrogen) atoms. The number of likely N-dealkylation sites (tertiary alicyclic amines) is 2. The Morgan fingerprint density at radius 2 is 2.00 bits per heavy atom. The largest absolute Gasteiger partial charge is 0.486 e. The van der Waals surface area contributed by atoms with Crippen LogP contribution in [0.25, 0.3) is 0 Å². The summed E-state index contributed by atoms with van der Waals surface area (Å²) < 4.78 is 11.2. The average molecular weight is 359 g/mol. The lowest BCUT2D eigenvalue weighted by molar-refractivity contribution is -0.139. The molecule has 1 N–H and O–H groups in total. The third-order valence-corrected chi connectivity index (χ3v) is 5.18. The van der Waals surface area contributed by atoms with Crippen molar-refractivity contribution in [3.05, 3.63) is 18.2 Å². The minimum Gasteiger partial charge on any atom is -0.486 e. The third kappa shape index (κ3) is 3.71. The molecule has 3 aliphatic rings. The van der Waals surface area contributed by atoms with E-state index < -0.39 is 0 Å². The van der Waals surface area contributed by atoms with Gasteiger partial charge in [0.05, 0.1) is 6.54 Å². The Balaban J connectivity index is 1.34. The number of anilines is 1. The van der Waals surface area contributed by atoms with Crippen molar-refractivity contribution in [2.45, 2.75) is 31.7 Å². The lowest BCUT2D eigenvalue weighted by Gasteiger charge is -2.34. The Labute approximate surface area is 153 Å². The molecule has 7 heteroatoms. The number of hydrogen-bond donors (Lipinski definition) is 1. The smallest absolute Gasteiger partial charge is 0.242 e. The van der Waals surface area contributed by atoms with Crippen LogP contribution in [0.1, 0.15) is 25.7 Å². The van der Waals surface area contributed by atoms with Crippen LogP contribution in [0.3, 0.4) is 0 Å². The van der Waals surface area contributed by atoms with Gasteiger partial charge in [-0.05, 0) is 31.4 Å². The molecule has 0 spiro atoms. The molecule has 1 unspecified atom stereocenters. The zero-order valence-electron chi connectivity index (χ0n) is 14.9. The molecule has 140 valence electrons. The van der Waals surface area contributed by atoms with Crippen molar-refractivity contribution in [2.75, 3.05) is 44.7 Å². The molecule has 0 radical (unpaired) electrons. The number of carbonyl (C=O) groups is 2. The predicted molar refractivity (Wildman–Crippen MR) is 96.5 cm³/mol. The molecule has 2 amide bonds. The molecule has 3 heterocycles. The summed E-state index contributed by atoms with van der Waals surface area (Å²) >= 11 is 0. The number of nitrogens with one attached hydrogen (secondary N) is 1. The number of rotatable bonds is 4. The molecule has 2 saturated heterocycles. The van der Waals surface area contributed by atoms with Gasteiger partial charge in [0, 0.05) is 43.9 Å². The van der Waals surface area contributed by atoms with Crippen LogP contribution < -0.4 is 14.8 Å². The molecular formula is C19H25N3O4. The van der Waals surface area contributed by atoms with Gasteiger partial charge in [-0.15, -0.1) is 0 Å². The normalized spacial score (nSPS) is 22.5. The maximum Gasteiger partial charge on any atom is 0.242 e. The van der Waals surface area contributed by atoms with Crippen molar-refractivity contribution in [3.8, 4) is 11.5 Å². The number of carbonyl (C=O) groups excluding carboxylic acids is 2. The zero-order chi connectivity index (χ0) is 17.9. The molecule has 3 aliphatic heterocycles. The lowest BCUT2D eigenvalue weighted by Crippen LogP contribution is -2.48. The maximum absolute atomic E-state index is 12.6. The highest BCUT2D eigenvalue weighted by atomic mass is 16.6. The van der Waals surface area contributed by atoms with Crippen LogP contribution in [0.4, 0.5) is 5.69 Å². The topological polar surface area (TPSA) is 71.1 Å². The Kier molecular flexibility index (Phi) is 4.86. The van der Waals surface area contributed by atoms with E-state index in [1.807, 2.05) is 23.1 Å². The van der Waals surface area contributed by atoms with E-state index in [0.717, 1.165) is 43.0 Å². The summed E-state index contributed by atoms with van der Waals surface area (Å²) in [5.74, 6) is 1.69. The van der Waals surface area contributed by atoms with E-state index in [-0.39, 0.29) is 24.4 Å². The van der Waals surface area contributed by atoms with Gasteiger partial charge in [-0.25, -0.2) is 0 Å². The second-order valence-corrected chi connectivity index (χ2v) is 7.10. The number of hydrogen-bond acceptors (Lipinski definition) is 5. The molecule has 0 saturated carbocycles. The number of fused-ring (bicyclic) bond motifs is 1. The fraction of sp³-hybridized carbons (Fsp3) is 0.579. The first kappa shape index (κ1) is 17.0. The van der Waals surface area contributed by atoms with E-state index >= 15 is 0 Å². The number of ether oxygens (including phenoxy) is 2. The molecular weight excluding hydrogens is 334 g/mol. The molecule has 1 aromatic rings. The number of amides is 2. The van der Waals surface area contributed by atoms with Crippen molar-refractivity contribution in [1.82, 2.24) is 9.80 Å². The molecule has 0 bridgehead atoms. The molecule has 0 aromatic heterocycles. The van der Waals surface area contributed by atoms with Crippen molar-refractivity contribution >= 4 is 17.5 Å². The van der Waals surface area contributed by atoms with E-state index in [0.29, 0.717) is 32.7 Å². The predicted octanol–water partition coefficient (Wildman–Crippen LogP) is 1.48. The van der Waals surface area contributed by atoms with E-state index in [1.165, 1.54) is 0 Å². The first-order valence-electron chi connectivity index (χ1n) is 9.41. The minimum atomic E-state index is 0.0499. The van der Waals surface area contributed by atoms with Crippen molar-refractivity contribution in [1.29, 1.82) is 0 Å². The quantitative estimate of drug-likeness (QED) is 0.882. The monoisotopic (exact) mass is 359 g/mol. The number of piperidine rings is 1. The van der Waals surface area contributed by atoms with E-state index in [9.17, 15) is 9.59 Å². The van der Waals surface area contributed by atoms with Gasteiger partial charge in [0.2, 0.25) is 11.8 Å². The van der Waals surface area contributed by atoms with Crippen molar-refractivity contribution in [2.24, 2.45) is 0 Å². The molecule has 7 nitrogen and oxygen atoms in total. The maximum atomic E-state index is 12.6. The van der Waals surface area contributed by atoms with Crippen LogP contribution >= 0.6 is 0 Å². The van der Waals surface area contributed by atoms with Crippen LogP contribution in [0.5, 0.6) is 11.5 Å². The third-order valence-electron chi connectivity index (χ3n) is 5.18. The van der Waals surface area contributed by atoms with Gasteiger partial charge in [-0.1, -0.05) is 0 Å². The highest BCUT2D eigenvalue weighted by Gasteiger charge is 2.28. The van der Waals surface area contributed by atoms with Gasteiger partial charge in [0.25, 0.3) is 0 Å². The summed E-state index contributed by atoms with van der Waals surface area (Å²) in [6.07, 6.45) is 3.41. The van der Waals surface area contributed by atoms with Gasteiger partial charge in [0.15, 0.2) is 11.5 Å². The highest BCUT2D eigenvalue weighted by Crippen LogP contribution is 2.33. The summed E-state index contributed by atoms with van der Waals surface area (Å²) in [4.78, 5) is 27.9. The van der Waals surface area contributed by atoms with E-state index in [2.05, 4.69) is 5.32 Å². The Morgan fingerprint density at radius 1 is 1.15 bits per heavy atom. The van der Waals surface area contributed by atoms with Crippen molar-refractivity contribution in [3.63, 3.8) is 0 Å². The van der Waals surface area contributed by atoms with Crippen molar-refractivity contribution < 1.29 is 19.1 Å². The zero-order valence-corrected chi connectivity index (χ0v) is 14.9. The first-order chi connectivity index (χ1) is 12.7. The van der Waals surface area contributed by atoms with Gasteiger partial charge >= 0.3 is 0 Å². The fourth-order valence-electron chi connectivity index (χ4n) is 3.82. The SMILES string of the molecule is O=C1CCCN1CC(=O)N1CCCC(Nc2ccc3c(c2)OCCO3)C1. The Morgan fingerprint density at radius 3 is 2.81 bits per heavy atom. The van der Waals surface area contributed by atoms with Gasteiger partial charge in [0.1, 0.15) is 13.2 Å². The van der Waals surface area contributed by atoms with Crippen LogP contribution in [-0.2, 0) is 9.59 Å². The summed E-state index contributed by atoms with van der Waals surface area (Å²) in [7, 11) is 0. The molecule has 1 aromatic carbocycles. The van der Waals surface area contributed by atoms with Gasteiger partial charge in [-0.2, -0.15) is 0 Å². The summed E-state index contributed by atoms with van der Waals surface area (Å²) in [5, 5.41) is 3.51. The Bertz CT molecular complexity index is 693. The van der Waals surface area contributed by atoms with Gasteiger partial charge in [-0.3, -0.25) is 9.59 Å². The summed E-state index contributed by atoms with van der Waals surface area (Å²) in [5.41, 5.74) is 0.975. The average Bonchev–Trinajstić information content (AvgIpc) is 3.06. The van der Waals surface area contributed by atoms with Crippen LogP contribution in [0.15, 0.2) is 18.2 Å². The van der Waals surface area contributed by atoms with Crippen LogP contribution in [0.2, 0.25) is 0 Å². The van der Waals surface area contributed by atoms with E-state index in [4.69, 9.17) is 9.47 Å². The number of benzene rings is 1. The van der Waals surface area contributed by atoms with Crippen LogP contribution in [-0.4, -0.2) is 67.0 Å². The Hall–Kier alpha value is -2.44. The summed E-state index contributed by atoms with van der Waals surface area (Å²) in [6, 6.07) is 6.06. The van der Waals surface area contributed by atoms with E-state index in [1.54, 1.807) is 4.90 Å². The van der Waals surface area contributed by atoms with Gasteiger partial charge < -0.3 is 24.6 Å². The van der Waals surface area contributed by atoms with Crippen LogP contribution in [0, 0.1) is 0 Å². The molecule has 2 fully saturated rings. The standard InChI is InChI=1S/C19H25N3O4/c23-18-4-2-8-22(18)13-19(24)21-7-1-3-15(12-21)20-14-5-6-16-17(11-14)26-10-9-25-16/h5-6,11,15,20H,1-4,7-10,12-13H2. The molecule has 0 aliphatic carbocycles. The molecule has 4 rings (SSSR count). The second-order valence-electron chi connectivity index (χ2n) is 7.10. The summed E-state index contributed by atoms with van der Waals surface area (Å²) in [6.45, 7) is 3.50. The minimum absolute atomic E-state index is 0.0499. The molecule has 1 atom stereocenters. The lowest BCUT2D eigenvalue weighted by atomic mass is 10.0.